The van der Waals surface area contributed by atoms with Gasteiger partial charge < -0.3 is 14.4 Å². The second-order valence-corrected chi connectivity index (χ2v) is 7.00. The molecule has 2 N–H and O–H groups in total. The van der Waals surface area contributed by atoms with Crippen molar-refractivity contribution in [3.8, 4) is 17.6 Å². The maximum atomic E-state index is 14.3. The maximum Gasteiger partial charge on any atom is 0.217 e. The molecule has 0 aromatic heterocycles. The fourth-order valence-electron chi connectivity index (χ4n) is 2.71. The predicted molar refractivity (Wildman–Crippen MR) is 85.0 cm³/mol. The van der Waals surface area contributed by atoms with E-state index in [4.69, 9.17) is 21.6 Å². The summed E-state index contributed by atoms with van der Waals surface area (Å²) in [6, 6.07) is 7.59. The molecule has 5 nitrogen and oxygen atoms in total. The zero-order valence-electron chi connectivity index (χ0n) is 12.4. The molecule has 0 saturated carbocycles. The number of nitriles is 1. The first-order chi connectivity index (χ1) is 11.7. The summed E-state index contributed by atoms with van der Waals surface area (Å²) < 4.78 is 54.1. The van der Waals surface area contributed by atoms with Crippen molar-refractivity contribution in [3.05, 3.63) is 52.8 Å². The van der Waals surface area contributed by atoms with Crippen LogP contribution in [0.4, 0.5) is 8.78 Å². The molecule has 25 heavy (non-hydrogen) atoms. The zero-order chi connectivity index (χ0) is 18.4. The van der Waals surface area contributed by atoms with Gasteiger partial charge in [0.2, 0.25) is 5.13 Å². The van der Waals surface area contributed by atoms with Gasteiger partial charge in [-0.05, 0) is 24.3 Å². The molecule has 3 atom stereocenters. The molecule has 0 spiro atoms. The molecule has 0 heterocycles. The fourth-order valence-corrected chi connectivity index (χ4v) is 3.56. The Bertz CT molecular complexity index is 929. The Morgan fingerprint density at radius 2 is 2.12 bits per heavy atom. The van der Waals surface area contributed by atoms with Crippen LogP contribution in [0.25, 0.3) is 0 Å². The van der Waals surface area contributed by atoms with E-state index in [1.54, 1.807) is 6.07 Å². The van der Waals surface area contributed by atoms with E-state index in [0.717, 1.165) is 12.1 Å². The second-order valence-electron chi connectivity index (χ2n) is 5.43. The van der Waals surface area contributed by atoms with Crippen LogP contribution in [0, 0.1) is 17.1 Å². The molecule has 0 saturated heterocycles. The van der Waals surface area contributed by atoms with Crippen LogP contribution in [0.15, 0.2) is 35.2 Å². The van der Waals surface area contributed by atoms with Crippen LogP contribution in [-0.4, -0.2) is 19.0 Å². The van der Waals surface area contributed by atoms with Gasteiger partial charge in [-0.15, -0.1) is 0 Å². The molecular formula is C16H10ClF2NO4S. The van der Waals surface area contributed by atoms with Crippen LogP contribution in [0.5, 0.6) is 11.5 Å². The highest BCUT2D eigenvalue weighted by molar-refractivity contribution is 7.79. The van der Waals surface area contributed by atoms with Gasteiger partial charge in [0, 0.05) is 23.6 Å². The first kappa shape index (κ1) is 17.8. The second kappa shape index (κ2) is 6.35. The van der Waals surface area contributed by atoms with E-state index in [2.05, 4.69) is 0 Å². The molecule has 0 aliphatic heterocycles. The van der Waals surface area contributed by atoms with Crippen LogP contribution in [0.3, 0.4) is 0 Å². The first-order valence-electron chi connectivity index (χ1n) is 6.94. The molecule has 2 aromatic rings. The summed E-state index contributed by atoms with van der Waals surface area (Å²) in [6.45, 7) is 0. The Morgan fingerprint density at radius 3 is 2.76 bits per heavy atom. The van der Waals surface area contributed by atoms with Crippen LogP contribution < -0.4 is 4.74 Å². The monoisotopic (exact) mass is 385 g/mol. The number of halogens is 3. The van der Waals surface area contributed by atoms with Crippen molar-refractivity contribution in [3.63, 3.8) is 0 Å². The summed E-state index contributed by atoms with van der Waals surface area (Å²) in [4.78, 5) is -0.188. The lowest BCUT2D eigenvalue weighted by molar-refractivity contribution is 0.0623. The number of hydrogen-bond acceptors (Lipinski definition) is 4. The number of hydrogen-bond donors (Lipinski definition) is 2. The molecule has 130 valence electrons. The molecule has 2 unspecified atom stereocenters. The Balaban J connectivity index is 2.10. The van der Waals surface area contributed by atoms with Gasteiger partial charge in [-0.3, -0.25) is 0 Å². The van der Waals surface area contributed by atoms with Gasteiger partial charge in [0.1, 0.15) is 23.4 Å². The van der Waals surface area contributed by atoms with Crippen LogP contribution in [-0.2, 0) is 17.5 Å². The van der Waals surface area contributed by atoms with Crippen molar-refractivity contribution in [2.24, 2.45) is 0 Å². The third-order valence-corrected chi connectivity index (χ3v) is 4.85. The van der Waals surface area contributed by atoms with E-state index >= 15 is 0 Å². The van der Waals surface area contributed by atoms with Gasteiger partial charge in [0.25, 0.3) is 0 Å². The van der Waals surface area contributed by atoms with E-state index in [0.29, 0.717) is 0 Å². The van der Waals surface area contributed by atoms with Crippen LogP contribution in [0.1, 0.15) is 22.8 Å². The topological polar surface area (TPSA) is 90.5 Å². The smallest absolute Gasteiger partial charge is 0.217 e. The minimum Gasteiger partial charge on any atom is -0.457 e. The molecule has 0 bridgehead atoms. The normalized spacial score (nSPS) is 23.0. The third kappa shape index (κ3) is 3.24. The van der Waals surface area contributed by atoms with E-state index in [-0.39, 0.29) is 33.1 Å². The summed E-state index contributed by atoms with van der Waals surface area (Å²) >= 11 is 3.18. The molecule has 0 fully saturated rings. The summed E-state index contributed by atoms with van der Waals surface area (Å²) in [7, 11) is 0. The van der Waals surface area contributed by atoms with Crippen molar-refractivity contribution >= 4 is 22.7 Å². The highest BCUT2D eigenvalue weighted by Gasteiger charge is 2.48. The number of benzene rings is 2. The summed E-state index contributed by atoms with van der Waals surface area (Å²) in [5, 5.41) is 16.4. The largest absolute Gasteiger partial charge is 0.457 e. The van der Waals surface area contributed by atoms with Gasteiger partial charge in [-0.25, -0.2) is 13.0 Å². The lowest BCUT2D eigenvalue weighted by Gasteiger charge is -2.16. The molecule has 0 amide bonds. The third-order valence-electron chi connectivity index (χ3n) is 3.78. The van der Waals surface area contributed by atoms with Crippen LogP contribution in [0.2, 0.25) is 0 Å². The SMILES string of the molecule is N#Cc1cc(F)cc(Oc2ccc(S(=O)O)c3c2CC(F)(Cl)[C@H]3O)c1. The molecule has 2 aromatic carbocycles. The summed E-state index contributed by atoms with van der Waals surface area (Å²) in [5.41, 5.74) is -0.00245. The number of aliphatic hydroxyl groups excluding tert-OH is 1. The highest BCUT2D eigenvalue weighted by atomic mass is 35.5. The fraction of sp³-hybridized carbons (Fsp3) is 0.188. The van der Waals surface area contributed by atoms with Crippen molar-refractivity contribution in [2.45, 2.75) is 22.5 Å². The number of ether oxygens (including phenoxy) is 1. The molecular weight excluding hydrogens is 376 g/mol. The van der Waals surface area contributed by atoms with E-state index in [1.165, 1.54) is 18.2 Å². The number of fused-ring (bicyclic) bond motifs is 1. The van der Waals surface area contributed by atoms with Crippen molar-refractivity contribution in [1.29, 1.82) is 5.26 Å². The van der Waals surface area contributed by atoms with Gasteiger partial charge in [0.05, 0.1) is 16.5 Å². The van der Waals surface area contributed by atoms with Crippen molar-refractivity contribution in [2.75, 3.05) is 0 Å². The highest BCUT2D eigenvalue weighted by Crippen LogP contribution is 2.50. The van der Waals surface area contributed by atoms with Gasteiger partial charge in [-0.1, -0.05) is 11.6 Å². The van der Waals surface area contributed by atoms with E-state index in [1.807, 2.05) is 0 Å². The van der Waals surface area contributed by atoms with Gasteiger partial charge >= 0.3 is 0 Å². The maximum absolute atomic E-state index is 14.3. The molecule has 0 radical (unpaired) electrons. The predicted octanol–water partition coefficient (Wildman–Crippen LogP) is 3.56. The van der Waals surface area contributed by atoms with Crippen molar-refractivity contribution in [1.82, 2.24) is 0 Å². The molecule has 1 aliphatic carbocycles. The standard InChI is InChI=1S/C16H10ClF2NO4S/c17-16(19)6-11-12(1-2-13(25(22)23)14(11)15(16)21)24-10-4-8(7-20)3-9(18)5-10/h1-5,15,21H,6H2,(H,22,23)/t15-,16?/m0/s1. The Kier molecular flexibility index (Phi) is 4.51. The molecule has 3 rings (SSSR count). The number of nitrogens with zero attached hydrogens (tertiary/aromatic N) is 1. The average Bonchev–Trinajstić information content (AvgIpc) is 2.78. The Morgan fingerprint density at radius 1 is 1.40 bits per heavy atom. The quantitative estimate of drug-likeness (QED) is 0.622. The Hall–Kier alpha value is -2.05. The van der Waals surface area contributed by atoms with E-state index in [9.17, 15) is 22.6 Å². The first-order valence-corrected chi connectivity index (χ1v) is 8.42. The zero-order valence-corrected chi connectivity index (χ0v) is 13.9. The van der Waals surface area contributed by atoms with E-state index < -0.39 is 34.6 Å². The van der Waals surface area contributed by atoms with Gasteiger partial charge in [0.15, 0.2) is 11.1 Å². The lowest BCUT2D eigenvalue weighted by Crippen LogP contribution is -2.20. The molecule has 1 aliphatic rings. The average molecular weight is 386 g/mol. The number of rotatable bonds is 3. The summed E-state index contributed by atoms with van der Waals surface area (Å²) in [5.74, 6) is -0.675. The number of alkyl halides is 2. The van der Waals surface area contributed by atoms with Crippen molar-refractivity contribution < 1.29 is 27.4 Å². The lowest BCUT2D eigenvalue weighted by atomic mass is 10.1. The van der Waals surface area contributed by atoms with Crippen LogP contribution >= 0.6 is 11.6 Å². The Labute approximate surface area is 148 Å². The minimum atomic E-state index is -2.56. The molecule has 9 heteroatoms. The van der Waals surface area contributed by atoms with Gasteiger partial charge in [-0.2, -0.15) is 5.26 Å². The number of aliphatic hydroxyl groups is 1. The summed E-state index contributed by atoms with van der Waals surface area (Å²) in [6.07, 6.45) is -2.28. The minimum absolute atomic E-state index is 0.0166.